The lowest BCUT2D eigenvalue weighted by atomic mass is 10.2. The third-order valence-corrected chi connectivity index (χ3v) is 5.33. The summed E-state index contributed by atoms with van der Waals surface area (Å²) in [5.74, 6) is 0. The molecule has 17 heavy (non-hydrogen) atoms. The zero-order valence-corrected chi connectivity index (χ0v) is 11.8. The lowest BCUT2D eigenvalue weighted by Crippen LogP contribution is -2.22. The average Bonchev–Trinajstić information content (AvgIpc) is 2.72. The molecule has 0 bridgehead atoms. The predicted molar refractivity (Wildman–Crippen MR) is 74.5 cm³/mol. The van der Waals surface area contributed by atoms with Gasteiger partial charge in [-0.1, -0.05) is 39.3 Å². The molecule has 1 atom stereocenters. The number of nitrogens with zero attached hydrogens (tertiary/aromatic N) is 2. The van der Waals surface area contributed by atoms with Crippen LogP contribution in [0.5, 0.6) is 0 Å². The molecule has 2 heterocycles. The molecule has 0 N–H and O–H groups in total. The highest BCUT2D eigenvalue weighted by Crippen LogP contribution is 2.31. The second-order valence-corrected chi connectivity index (χ2v) is 6.22. The molecule has 1 aliphatic heterocycles. The first kappa shape index (κ1) is 11.6. The quantitative estimate of drug-likeness (QED) is 0.595. The first-order chi connectivity index (χ1) is 8.19. The zero-order chi connectivity index (χ0) is 12.0. The first-order valence-electron chi connectivity index (χ1n) is 5.12. The van der Waals surface area contributed by atoms with E-state index < -0.39 is 0 Å². The molecule has 6 heteroatoms. The van der Waals surface area contributed by atoms with E-state index in [1.807, 2.05) is 0 Å². The fourth-order valence-corrected chi connectivity index (χ4v) is 3.68. The molecule has 88 valence electrons. The van der Waals surface area contributed by atoms with Crippen molar-refractivity contribution in [2.75, 3.05) is 5.33 Å². The molecule has 0 radical (unpaired) electrons. The summed E-state index contributed by atoms with van der Waals surface area (Å²) in [6.07, 6.45) is 0. The smallest absolute Gasteiger partial charge is 0.262 e. The molecule has 0 saturated carbocycles. The third kappa shape index (κ3) is 1.90. The van der Waals surface area contributed by atoms with E-state index >= 15 is 0 Å². The Hall–Kier alpha value is -0.520. The second-order valence-electron chi connectivity index (χ2n) is 3.87. The van der Waals surface area contributed by atoms with Gasteiger partial charge in [-0.2, -0.15) is 0 Å². The number of hydrogen-bond acceptors (Lipinski definition) is 3. The van der Waals surface area contributed by atoms with E-state index in [-0.39, 0.29) is 5.56 Å². The van der Waals surface area contributed by atoms with Gasteiger partial charge in [0.25, 0.3) is 5.56 Å². The zero-order valence-electron chi connectivity index (χ0n) is 8.69. The number of benzene rings is 1. The summed E-state index contributed by atoms with van der Waals surface area (Å²) in [7, 11) is 0. The standard InChI is InChI=1S/C11H8BrClN2OS/c12-4-7-5-15-10(16)8-2-1-6(13)3-9(8)14-11(15)17-7/h1-3,7H,4-5H2. The highest BCUT2D eigenvalue weighted by atomic mass is 79.9. The number of thioether (sulfide) groups is 1. The van der Waals surface area contributed by atoms with Crippen LogP contribution < -0.4 is 5.56 Å². The first-order valence-corrected chi connectivity index (χ1v) is 7.49. The van der Waals surface area contributed by atoms with Crippen LogP contribution in [0, 0.1) is 0 Å². The van der Waals surface area contributed by atoms with Gasteiger partial charge < -0.3 is 0 Å². The van der Waals surface area contributed by atoms with E-state index in [9.17, 15) is 4.79 Å². The van der Waals surface area contributed by atoms with E-state index in [1.165, 1.54) is 0 Å². The summed E-state index contributed by atoms with van der Waals surface area (Å²) in [5.41, 5.74) is 0.703. The van der Waals surface area contributed by atoms with E-state index in [4.69, 9.17) is 11.6 Å². The van der Waals surface area contributed by atoms with Crippen LogP contribution >= 0.6 is 39.3 Å². The summed E-state index contributed by atoms with van der Waals surface area (Å²) in [6.45, 7) is 0.718. The maximum Gasteiger partial charge on any atom is 0.262 e. The van der Waals surface area contributed by atoms with Crippen LogP contribution in [0.3, 0.4) is 0 Å². The van der Waals surface area contributed by atoms with Crippen molar-refractivity contribution >= 4 is 50.2 Å². The van der Waals surface area contributed by atoms with Crippen molar-refractivity contribution in [3.63, 3.8) is 0 Å². The van der Waals surface area contributed by atoms with Crippen molar-refractivity contribution < 1.29 is 0 Å². The van der Waals surface area contributed by atoms with Gasteiger partial charge in [-0.05, 0) is 18.2 Å². The topological polar surface area (TPSA) is 34.9 Å². The lowest BCUT2D eigenvalue weighted by Gasteiger charge is -2.03. The van der Waals surface area contributed by atoms with Crippen LogP contribution in [0.4, 0.5) is 0 Å². The van der Waals surface area contributed by atoms with Gasteiger partial charge in [0, 0.05) is 22.1 Å². The molecule has 0 aliphatic carbocycles. The van der Waals surface area contributed by atoms with E-state index in [0.29, 0.717) is 21.2 Å². The number of hydrogen-bond donors (Lipinski definition) is 0. The maximum absolute atomic E-state index is 12.2. The fraction of sp³-hybridized carbons (Fsp3) is 0.273. The number of rotatable bonds is 1. The van der Waals surface area contributed by atoms with Crippen LogP contribution in [0.2, 0.25) is 5.02 Å². The van der Waals surface area contributed by atoms with Crippen molar-refractivity contribution in [2.24, 2.45) is 0 Å². The number of aromatic nitrogens is 2. The van der Waals surface area contributed by atoms with Crippen LogP contribution in [0.1, 0.15) is 0 Å². The summed E-state index contributed by atoms with van der Waals surface area (Å²) in [5, 5.41) is 3.26. The molecule has 3 nitrogen and oxygen atoms in total. The normalized spacial score (nSPS) is 18.6. The van der Waals surface area contributed by atoms with Crippen molar-refractivity contribution in [3.8, 4) is 0 Å². The van der Waals surface area contributed by atoms with Crippen LogP contribution in [0.25, 0.3) is 10.9 Å². The Bertz CT molecular complexity index is 658. The third-order valence-electron chi connectivity index (χ3n) is 2.71. The van der Waals surface area contributed by atoms with Gasteiger partial charge in [-0.15, -0.1) is 0 Å². The predicted octanol–water partition coefficient (Wildman–Crippen LogP) is 2.92. The molecular weight excluding hydrogens is 324 g/mol. The molecule has 1 aliphatic rings. The molecule has 1 unspecified atom stereocenters. The van der Waals surface area contributed by atoms with Gasteiger partial charge in [0.05, 0.1) is 10.9 Å². The van der Waals surface area contributed by atoms with Gasteiger partial charge in [0.1, 0.15) is 0 Å². The van der Waals surface area contributed by atoms with Gasteiger partial charge in [0.2, 0.25) is 0 Å². The van der Waals surface area contributed by atoms with Crippen molar-refractivity contribution in [2.45, 2.75) is 17.0 Å². The molecule has 1 aromatic carbocycles. The van der Waals surface area contributed by atoms with Crippen molar-refractivity contribution in [1.82, 2.24) is 9.55 Å². The van der Waals surface area contributed by atoms with Crippen molar-refractivity contribution in [1.29, 1.82) is 0 Å². The Morgan fingerprint density at radius 1 is 1.59 bits per heavy atom. The fourth-order valence-electron chi connectivity index (χ4n) is 1.90. The minimum atomic E-state index is 0.0256. The highest BCUT2D eigenvalue weighted by Gasteiger charge is 2.24. The minimum absolute atomic E-state index is 0.0256. The summed E-state index contributed by atoms with van der Waals surface area (Å²) in [6, 6.07) is 5.21. The molecule has 0 spiro atoms. The molecule has 0 saturated heterocycles. The SMILES string of the molecule is O=c1c2ccc(Cl)cc2nc2n1CC(CBr)S2. The Labute approximate surface area is 115 Å². The van der Waals surface area contributed by atoms with Crippen LogP contribution in [-0.4, -0.2) is 20.1 Å². The molecule has 3 rings (SSSR count). The highest BCUT2D eigenvalue weighted by molar-refractivity contribution is 9.09. The molecule has 2 aromatic rings. The molecular formula is C11H8BrClN2OS. The summed E-state index contributed by atoms with van der Waals surface area (Å²) in [4.78, 5) is 16.7. The number of fused-ring (bicyclic) bond motifs is 2. The van der Waals surface area contributed by atoms with E-state index in [2.05, 4.69) is 20.9 Å². The largest absolute Gasteiger partial charge is 0.286 e. The Balaban J connectivity index is 2.27. The minimum Gasteiger partial charge on any atom is -0.286 e. The van der Waals surface area contributed by atoms with Crippen molar-refractivity contribution in [3.05, 3.63) is 33.6 Å². The van der Waals surface area contributed by atoms with Gasteiger partial charge in [-0.3, -0.25) is 9.36 Å². The second kappa shape index (κ2) is 4.30. The lowest BCUT2D eigenvalue weighted by molar-refractivity contribution is 0.632. The number of halogens is 2. The Kier molecular flexibility index (Phi) is 2.92. The Morgan fingerprint density at radius 3 is 3.18 bits per heavy atom. The molecule has 0 fully saturated rings. The Morgan fingerprint density at radius 2 is 2.41 bits per heavy atom. The van der Waals surface area contributed by atoms with E-state index in [1.54, 1.807) is 34.5 Å². The summed E-state index contributed by atoms with van der Waals surface area (Å²) < 4.78 is 1.74. The van der Waals surface area contributed by atoms with Crippen LogP contribution in [0.15, 0.2) is 28.2 Å². The number of alkyl halides is 1. The van der Waals surface area contributed by atoms with E-state index in [0.717, 1.165) is 17.0 Å². The monoisotopic (exact) mass is 330 g/mol. The van der Waals surface area contributed by atoms with Crippen LogP contribution in [-0.2, 0) is 6.54 Å². The summed E-state index contributed by atoms with van der Waals surface area (Å²) >= 11 is 11.0. The maximum atomic E-state index is 12.2. The molecule has 0 amide bonds. The van der Waals surface area contributed by atoms with Gasteiger partial charge >= 0.3 is 0 Å². The van der Waals surface area contributed by atoms with Gasteiger partial charge in [-0.25, -0.2) is 4.98 Å². The molecule has 1 aromatic heterocycles. The average molecular weight is 332 g/mol. The van der Waals surface area contributed by atoms with Gasteiger partial charge in [0.15, 0.2) is 5.16 Å².